The Balaban J connectivity index is 1.70. The molecule has 0 spiro atoms. The minimum atomic E-state index is -0.569. The Labute approximate surface area is 183 Å². The number of thiophene rings is 1. The monoisotopic (exact) mass is 433 g/mol. The molecule has 0 saturated heterocycles. The van der Waals surface area contributed by atoms with Crippen LogP contribution in [0.4, 0.5) is 0 Å². The van der Waals surface area contributed by atoms with Gasteiger partial charge in [0, 0.05) is 10.4 Å². The van der Waals surface area contributed by atoms with Crippen molar-refractivity contribution in [2.45, 2.75) is 0 Å². The lowest BCUT2D eigenvalue weighted by molar-refractivity contribution is -0.117. The molecule has 156 valence electrons. The number of carbonyl (C=O) groups excluding carboxylic acids is 3. The molecule has 1 heterocycles. The van der Waals surface area contributed by atoms with Crippen molar-refractivity contribution >= 4 is 41.4 Å². The Morgan fingerprint density at radius 2 is 1.68 bits per heavy atom. The van der Waals surface area contributed by atoms with Gasteiger partial charge in [0.05, 0.1) is 18.9 Å². The molecule has 1 aromatic heterocycles. The van der Waals surface area contributed by atoms with Crippen molar-refractivity contribution in [3.05, 3.63) is 99.4 Å². The molecule has 3 aromatic rings. The van der Waals surface area contributed by atoms with Crippen LogP contribution in [0.3, 0.4) is 0 Å². The summed E-state index contributed by atoms with van der Waals surface area (Å²) in [5.74, 6) is -1.41. The topological polar surface area (TPSA) is 96.9 Å². The van der Waals surface area contributed by atoms with E-state index in [2.05, 4.69) is 20.6 Å². The lowest BCUT2D eigenvalue weighted by Crippen LogP contribution is -2.32. The number of ether oxygens (including phenoxy) is 1. The third kappa shape index (κ3) is 6.22. The van der Waals surface area contributed by atoms with Gasteiger partial charge in [0.2, 0.25) is 0 Å². The highest BCUT2D eigenvalue weighted by molar-refractivity contribution is 7.10. The molecule has 2 aromatic carbocycles. The average molecular weight is 433 g/mol. The molecule has 0 bridgehead atoms. The fourth-order valence-corrected chi connectivity index (χ4v) is 3.16. The van der Waals surface area contributed by atoms with E-state index in [1.807, 2.05) is 17.5 Å². The van der Waals surface area contributed by atoms with Gasteiger partial charge in [0.1, 0.15) is 5.70 Å². The normalized spacial score (nSPS) is 11.2. The number of rotatable bonds is 7. The molecular formula is C23H19N3O4S. The number of benzene rings is 2. The van der Waals surface area contributed by atoms with Gasteiger partial charge in [-0.3, -0.25) is 9.59 Å². The smallest absolute Gasteiger partial charge is 0.337 e. The summed E-state index contributed by atoms with van der Waals surface area (Å²) in [6.45, 7) is 0. The molecule has 0 aliphatic rings. The van der Waals surface area contributed by atoms with Gasteiger partial charge in [0.25, 0.3) is 11.8 Å². The first-order valence-corrected chi connectivity index (χ1v) is 10.1. The van der Waals surface area contributed by atoms with Gasteiger partial charge in [-0.1, -0.05) is 36.4 Å². The Morgan fingerprint density at radius 3 is 2.32 bits per heavy atom. The number of hydrogen-bond acceptors (Lipinski definition) is 6. The van der Waals surface area contributed by atoms with E-state index in [-0.39, 0.29) is 5.70 Å². The van der Waals surface area contributed by atoms with Crippen LogP contribution in [0, 0.1) is 0 Å². The van der Waals surface area contributed by atoms with Crippen molar-refractivity contribution < 1.29 is 19.1 Å². The fourth-order valence-electron chi connectivity index (χ4n) is 2.51. The zero-order valence-electron chi connectivity index (χ0n) is 16.6. The first kappa shape index (κ1) is 21.7. The summed E-state index contributed by atoms with van der Waals surface area (Å²) in [5, 5.41) is 8.45. The van der Waals surface area contributed by atoms with Crippen molar-refractivity contribution in [3.8, 4) is 0 Å². The Bertz CT molecular complexity index is 1110. The molecule has 2 amide bonds. The van der Waals surface area contributed by atoms with Crippen LogP contribution in [0.1, 0.15) is 31.2 Å². The number of nitrogens with zero attached hydrogens (tertiary/aromatic N) is 1. The zero-order chi connectivity index (χ0) is 22.1. The third-order valence-corrected chi connectivity index (χ3v) is 4.89. The van der Waals surface area contributed by atoms with E-state index >= 15 is 0 Å². The Morgan fingerprint density at radius 1 is 0.935 bits per heavy atom. The highest BCUT2D eigenvalue weighted by atomic mass is 32.1. The van der Waals surface area contributed by atoms with Gasteiger partial charge >= 0.3 is 5.97 Å². The predicted octanol–water partition coefficient (Wildman–Crippen LogP) is 3.46. The van der Waals surface area contributed by atoms with Gasteiger partial charge in [-0.15, -0.1) is 11.3 Å². The van der Waals surface area contributed by atoms with Crippen molar-refractivity contribution in [1.29, 1.82) is 0 Å². The van der Waals surface area contributed by atoms with Crippen molar-refractivity contribution in [2.75, 3.05) is 7.11 Å². The Kier molecular flexibility index (Phi) is 7.45. The van der Waals surface area contributed by atoms with E-state index in [9.17, 15) is 14.4 Å². The van der Waals surface area contributed by atoms with Crippen LogP contribution in [0.5, 0.6) is 0 Å². The summed E-state index contributed by atoms with van der Waals surface area (Å²) in [6.07, 6.45) is 3.02. The van der Waals surface area contributed by atoms with E-state index in [0.29, 0.717) is 16.7 Å². The maximum absolute atomic E-state index is 12.6. The summed E-state index contributed by atoms with van der Waals surface area (Å²) in [4.78, 5) is 37.4. The zero-order valence-corrected chi connectivity index (χ0v) is 17.4. The van der Waals surface area contributed by atoms with Crippen LogP contribution in [0.15, 0.2) is 82.9 Å². The van der Waals surface area contributed by atoms with Gasteiger partial charge in [0.15, 0.2) is 0 Å². The maximum Gasteiger partial charge on any atom is 0.337 e. The molecule has 0 aliphatic carbocycles. The van der Waals surface area contributed by atoms with Crippen LogP contribution in [0.25, 0.3) is 6.08 Å². The second-order valence-electron chi connectivity index (χ2n) is 6.21. The van der Waals surface area contributed by atoms with Crippen LogP contribution in [-0.2, 0) is 9.53 Å². The first-order valence-electron chi connectivity index (χ1n) is 9.20. The van der Waals surface area contributed by atoms with Crippen LogP contribution in [-0.4, -0.2) is 31.1 Å². The second-order valence-corrected chi connectivity index (χ2v) is 7.19. The number of hydrazone groups is 1. The van der Waals surface area contributed by atoms with Gasteiger partial charge in [-0.2, -0.15) is 5.10 Å². The summed E-state index contributed by atoms with van der Waals surface area (Å²) in [6, 6.07) is 18.8. The van der Waals surface area contributed by atoms with Gasteiger partial charge < -0.3 is 10.1 Å². The first-order chi connectivity index (χ1) is 15.1. The minimum Gasteiger partial charge on any atom is -0.465 e. The molecule has 0 saturated carbocycles. The molecule has 31 heavy (non-hydrogen) atoms. The van der Waals surface area contributed by atoms with Crippen molar-refractivity contribution in [3.63, 3.8) is 0 Å². The van der Waals surface area contributed by atoms with Crippen molar-refractivity contribution in [2.24, 2.45) is 5.10 Å². The average Bonchev–Trinajstić information content (AvgIpc) is 3.32. The molecule has 0 radical (unpaired) electrons. The van der Waals surface area contributed by atoms with E-state index in [4.69, 9.17) is 0 Å². The highest BCUT2D eigenvalue weighted by Crippen LogP contribution is 2.13. The lowest BCUT2D eigenvalue weighted by atomic mass is 10.1. The maximum atomic E-state index is 12.6. The van der Waals surface area contributed by atoms with E-state index in [1.165, 1.54) is 24.7 Å². The molecule has 0 atom stereocenters. The second kappa shape index (κ2) is 10.7. The summed E-state index contributed by atoms with van der Waals surface area (Å²) in [5.41, 5.74) is 3.99. The fraction of sp³-hybridized carbons (Fsp3) is 0.0435. The van der Waals surface area contributed by atoms with E-state index in [1.54, 1.807) is 60.7 Å². The molecule has 0 fully saturated rings. The molecule has 0 unspecified atom stereocenters. The quantitative estimate of drug-likeness (QED) is 0.258. The number of esters is 1. The standard InChI is InChI=1S/C23H19N3O4S/c1-30-23(29)18-11-9-16(10-12-18)15-24-26-22(28)20(14-19-8-5-13-31-19)25-21(27)17-6-3-2-4-7-17/h2-15H,1H3,(H,25,27)(H,26,28). The van der Waals surface area contributed by atoms with E-state index in [0.717, 1.165) is 4.88 Å². The minimum absolute atomic E-state index is 0.0643. The summed E-state index contributed by atoms with van der Waals surface area (Å²) in [7, 11) is 1.31. The number of methoxy groups -OCH3 is 1. The van der Waals surface area contributed by atoms with Gasteiger partial charge in [-0.25, -0.2) is 10.2 Å². The van der Waals surface area contributed by atoms with Gasteiger partial charge in [-0.05, 0) is 47.4 Å². The Hall–Kier alpha value is -4.04. The number of carbonyl (C=O) groups is 3. The van der Waals surface area contributed by atoms with Crippen LogP contribution >= 0.6 is 11.3 Å². The van der Waals surface area contributed by atoms with Crippen LogP contribution < -0.4 is 10.7 Å². The predicted molar refractivity (Wildman–Crippen MR) is 120 cm³/mol. The molecule has 3 rings (SSSR count). The molecule has 0 aliphatic heterocycles. The molecular weight excluding hydrogens is 414 g/mol. The lowest BCUT2D eigenvalue weighted by Gasteiger charge is -2.08. The largest absolute Gasteiger partial charge is 0.465 e. The molecule has 8 heteroatoms. The molecule has 2 N–H and O–H groups in total. The van der Waals surface area contributed by atoms with Crippen molar-refractivity contribution in [1.82, 2.24) is 10.7 Å². The number of amides is 2. The van der Waals surface area contributed by atoms with Crippen LogP contribution in [0.2, 0.25) is 0 Å². The molecule has 7 nitrogen and oxygen atoms in total. The highest BCUT2D eigenvalue weighted by Gasteiger charge is 2.14. The number of nitrogens with one attached hydrogen (secondary N) is 2. The summed E-state index contributed by atoms with van der Waals surface area (Å²) >= 11 is 1.43. The summed E-state index contributed by atoms with van der Waals surface area (Å²) < 4.78 is 4.65. The van der Waals surface area contributed by atoms with E-state index < -0.39 is 17.8 Å². The third-order valence-electron chi connectivity index (χ3n) is 4.07. The number of hydrogen-bond donors (Lipinski definition) is 2. The SMILES string of the molecule is COC(=O)c1ccc(C=NNC(=O)C(=Cc2cccs2)NC(=O)c2ccccc2)cc1.